The van der Waals surface area contributed by atoms with E-state index in [9.17, 15) is 0 Å². The van der Waals surface area contributed by atoms with Gasteiger partial charge in [-0.25, -0.2) is 0 Å². The van der Waals surface area contributed by atoms with E-state index in [1.54, 1.807) is 31.5 Å². The quantitative estimate of drug-likeness (QED) is 0.743. The van der Waals surface area contributed by atoms with Gasteiger partial charge in [-0.15, -0.1) is 0 Å². The van der Waals surface area contributed by atoms with Gasteiger partial charge in [-0.05, 0) is 35.9 Å². The standard InChI is InChI=1S/C14H11Cl2NO/c1-18-14-4-2-3-10(5-14)9-17-13-7-11(15)6-12(16)8-13/h2-9H,1H3. The SMILES string of the molecule is COc1cccc(C=Nc2cc(Cl)cc(Cl)c2)c1. The average molecular weight is 280 g/mol. The van der Waals surface area contributed by atoms with Crippen LogP contribution in [0.15, 0.2) is 47.5 Å². The fraction of sp³-hybridized carbons (Fsp3) is 0.0714. The number of ether oxygens (including phenoxy) is 1. The van der Waals surface area contributed by atoms with E-state index in [0.717, 1.165) is 17.0 Å². The van der Waals surface area contributed by atoms with E-state index in [1.807, 2.05) is 24.3 Å². The number of hydrogen-bond acceptors (Lipinski definition) is 2. The summed E-state index contributed by atoms with van der Waals surface area (Å²) in [6.45, 7) is 0. The maximum Gasteiger partial charge on any atom is 0.119 e. The molecule has 0 bridgehead atoms. The molecular weight excluding hydrogens is 269 g/mol. The third-order valence-electron chi connectivity index (χ3n) is 2.30. The van der Waals surface area contributed by atoms with Gasteiger partial charge in [0.2, 0.25) is 0 Å². The Balaban J connectivity index is 2.24. The summed E-state index contributed by atoms with van der Waals surface area (Å²) < 4.78 is 5.14. The topological polar surface area (TPSA) is 21.6 Å². The predicted molar refractivity (Wildman–Crippen MR) is 76.7 cm³/mol. The van der Waals surface area contributed by atoms with Crippen LogP contribution in [0.4, 0.5) is 5.69 Å². The highest BCUT2D eigenvalue weighted by Crippen LogP contribution is 2.24. The molecule has 0 spiro atoms. The smallest absolute Gasteiger partial charge is 0.119 e. The van der Waals surface area contributed by atoms with Crippen molar-refractivity contribution in [1.82, 2.24) is 0 Å². The molecule has 0 N–H and O–H groups in total. The number of nitrogens with zero attached hydrogens (tertiary/aromatic N) is 1. The van der Waals surface area contributed by atoms with E-state index < -0.39 is 0 Å². The van der Waals surface area contributed by atoms with Crippen molar-refractivity contribution >= 4 is 35.1 Å². The van der Waals surface area contributed by atoms with Crippen LogP contribution in [0, 0.1) is 0 Å². The summed E-state index contributed by atoms with van der Waals surface area (Å²) in [4.78, 5) is 4.32. The maximum absolute atomic E-state index is 5.90. The van der Waals surface area contributed by atoms with E-state index in [0.29, 0.717) is 10.0 Å². The number of methoxy groups -OCH3 is 1. The summed E-state index contributed by atoms with van der Waals surface area (Å²) in [6.07, 6.45) is 1.74. The van der Waals surface area contributed by atoms with E-state index in [2.05, 4.69) is 4.99 Å². The van der Waals surface area contributed by atoms with E-state index in [1.165, 1.54) is 0 Å². The lowest BCUT2D eigenvalue weighted by atomic mass is 10.2. The number of hydrogen-bond donors (Lipinski definition) is 0. The molecule has 2 nitrogen and oxygen atoms in total. The van der Waals surface area contributed by atoms with Gasteiger partial charge in [0.15, 0.2) is 0 Å². The van der Waals surface area contributed by atoms with Gasteiger partial charge >= 0.3 is 0 Å². The molecule has 0 aliphatic heterocycles. The Morgan fingerprint density at radius 2 is 1.78 bits per heavy atom. The van der Waals surface area contributed by atoms with Crippen molar-refractivity contribution in [3.8, 4) is 5.75 Å². The molecule has 4 heteroatoms. The van der Waals surface area contributed by atoms with Gasteiger partial charge in [0.25, 0.3) is 0 Å². The van der Waals surface area contributed by atoms with Gasteiger partial charge in [0, 0.05) is 16.3 Å². The monoisotopic (exact) mass is 279 g/mol. The van der Waals surface area contributed by atoms with Crippen LogP contribution in [0.1, 0.15) is 5.56 Å². The molecule has 0 aromatic heterocycles. The Hall–Kier alpha value is -1.51. The first-order chi connectivity index (χ1) is 8.67. The van der Waals surface area contributed by atoms with Gasteiger partial charge < -0.3 is 4.74 Å². The summed E-state index contributed by atoms with van der Waals surface area (Å²) in [6, 6.07) is 12.8. The van der Waals surface area contributed by atoms with Crippen LogP contribution >= 0.6 is 23.2 Å². The van der Waals surface area contributed by atoms with Crippen LogP contribution in [0.5, 0.6) is 5.75 Å². The van der Waals surface area contributed by atoms with Crippen molar-refractivity contribution in [2.75, 3.05) is 7.11 Å². The number of halogens is 2. The number of aliphatic imine (C=N–C) groups is 1. The second kappa shape index (κ2) is 5.89. The van der Waals surface area contributed by atoms with Crippen LogP contribution < -0.4 is 4.74 Å². The van der Waals surface area contributed by atoms with Gasteiger partial charge in [0.1, 0.15) is 5.75 Å². The van der Waals surface area contributed by atoms with Gasteiger partial charge in [-0.3, -0.25) is 4.99 Å². The Morgan fingerprint density at radius 3 is 2.44 bits per heavy atom. The van der Waals surface area contributed by atoms with Crippen molar-refractivity contribution in [2.24, 2.45) is 4.99 Å². The van der Waals surface area contributed by atoms with E-state index >= 15 is 0 Å². The summed E-state index contributed by atoms with van der Waals surface area (Å²) >= 11 is 11.8. The first-order valence-electron chi connectivity index (χ1n) is 5.31. The molecule has 92 valence electrons. The van der Waals surface area contributed by atoms with Crippen LogP contribution in [0.2, 0.25) is 10.0 Å². The first kappa shape index (κ1) is 12.9. The minimum Gasteiger partial charge on any atom is -0.497 e. The third-order valence-corrected chi connectivity index (χ3v) is 2.74. The molecule has 0 fully saturated rings. The van der Waals surface area contributed by atoms with Crippen LogP contribution in [0.3, 0.4) is 0 Å². The second-order valence-electron chi connectivity index (χ2n) is 3.66. The Morgan fingerprint density at radius 1 is 1.06 bits per heavy atom. The highest BCUT2D eigenvalue weighted by molar-refractivity contribution is 6.35. The molecule has 0 saturated heterocycles. The molecule has 0 saturated carbocycles. The van der Waals surface area contributed by atoms with Crippen LogP contribution in [0.25, 0.3) is 0 Å². The Labute approximate surface area is 116 Å². The van der Waals surface area contributed by atoms with Crippen molar-refractivity contribution in [3.63, 3.8) is 0 Å². The molecular formula is C14H11Cl2NO. The number of rotatable bonds is 3. The summed E-state index contributed by atoms with van der Waals surface area (Å²) in [7, 11) is 1.63. The summed E-state index contributed by atoms with van der Waals surface area (Å²) in [5.74, 6) is 0.795. The molecule has 2 aromatic carbocycles. The highest BCUT2D eigenvalue weighted by Gasteiger charge is 1.96. The fourth-order valence-electron chi connectivity index (χ4n) is 1.48. The van der Waals surface area contributed by atoms with Crippen LogP contribution in [-0.2, 0) is 0 Å². The largest absolute Gasteiger partial charge is 0.497 e. The average Bonchev–Trinajstić information content (AvgIpc) is 2.35. The summed E-state index contributed by atoms with van der Waals surface area (Å²) in [5, 5.41) is 1.14. The molecule has 0 unspecified atom stereocenters. The van der Waals surface area contributed by atoms with Crippen molar-refractivity contribution in [2.45, 2.75) is 0 Å². The number of benzene rings is 2. The van der Waals surface area contributed by atoms with E-state index in [4.69, 9.17) is 27.9 Å². The fourth-order valence-corrected chi connectivity index (χ4v) is 2.00. The molecule has 0 radical (unpaired) electrons. The second-order valence-corrected chi connectivity index (χ2v) is 4.54. The lowest BCUT2D eigenvalue weighted by molar-refractivity contribution is 0.415. The molecule has 2 rings (SSSR count). The third kappa shape index (κ3) is 3.49. The van der Waals surface area contributed by atoms with Crippen molar-refractivity contribution in [1.29, 1.82) is 0 Å². The summed E-state index contributed by atoms with van der Waals surface area (Å²) in [5.41, 5.74) is 1.67. The Bertz CT molecular complexity index is 562. The van der Waals surface area contributed by atoms with Crippen LogP contribution in [-0.4, -0.2) is 13.3 Å². The molecule has 0 atom stereocenters. The first-order valence-corrected chi connectivity index (χ1v) is 6.07. The maximum atomic E-state index is 5.90. The molecule has 0 amide bonds. The molecule has 2 aromatic rings. The zero-order valence-electron chi connectivity index (χ0n) is 9.73. The zero-order valence-corrected chi connectivity index (χ0v) is 11.2. The van der Waals surface area contributed by atoms with Gasteiger partial charge in [-0.2, -0.15) is 0 Å². The molecule has 0 aliphatic carbocycles. The van der Waals surface area contributed by atoms with Crippen molar-refractivity contribution < 1.29 is 4.74 Å². The molecule has 18 heavy (non-hydrogen) atoms. The normalized spacial score (nSPS) is 10.8. The Kier molecular flexibility index (Phi) is 4.24. The van der Waals surface area contributed by atoms with Crippen molar-refractivity contribution in [3.05, 3.63) is 58.1 Å². The highest BCUT2D eigenvalue weighted by atomic mass is 35.5. The lowest BCUT2D eigenvalue weighted by Gasteiger charge is -2.00. The predicted octanol–water partition coefficient (Wildman–Crippen LogP) is 4.75. The lowest BCUT2D eigenvalue weighted by Crippen LogP contribution is -1.85. The van der Waals surface area contributed by atoms with Gasteiger partial charge in [0.05, 0.1) is 12.8 Å². The molecule has 0 heterocycles. The zero-order chi connectivity index (χ0) is 13.0. The minimum absolute atomic E-state index is 0.570. The van der Waals surface area contributed by atoms with Gasteiger partial charge in [-0.1, -0.05) is 35.3 Å². The minimum atomic E-state index is 0.570. The molecule has 0 aliphatic rings. The van der Waals surface area contributed by atoms with E-state index in [-0.39, 0.29) is 0 Å².